The Bertz CT molecular complexity index is 667. The maximum Gasteiger partial charge on any atom is 0.263 e. The molecule has 1 aliphatic heterocycles. The van der Waals surface area contributed by atoms with E-state index in [1.54, 1.807) is 11.9 Å². The predicted molar refractivity (Wildman–Crippen MR) is 103 cm³/mol. The van der Waals surface area contributed by atoms with Gasteiger partial charge in [-0.2, -0.15) is 0 Å². The molecule has 1 aromatic carbocycles. The maximum absolute atomic E-state index is 12.9. The molecule has 1 aliphatic carbocycles. The van der Waals surface area contributed by atoms with E-state index in [-0.39, 0.29) is 11.8 Å². The molecule has 0 spiro atoms. The number of carbonyl (C=O) groups excluding carboxylic acids is 2. The fraction of sp³-hybridized carbons (Fsp3) is 0.619. The average molecular weight is 358 g/mol. The SMILES string of the molecule is CCC(Oc1ccc2c(c1)CCC(=O)N2C)C(=O)N(C)C1CCCCC1. The molecule has 1 unspecified atom stereocenters. The van der Waals surface area contributed by atoms with E-state index in [0.717, 1.165) is 30.5 Å². The molecule has 1 atom stereocenters. The minimum atomic E-state index is -0.456. The van der Waals surface area contributed by atoms with Gasteiger partial charge in [-0.15, -0.1) is 0 Å². The maximum atomic E-state index is 12.9. The van der Waals surface area contributed by atoms with Crippen molar-refractivity contribution < 1.29 is 14.3 Å². The number of ether oxygens (including phenoxy) is 1. The van der Waals surface area contributed by atoms with Crippen molar-refractivity contribution in [3.05, 3.63) is 23.8 Å². The summed E-state index contributed by atoms with van der Waals surface area (Å²) in [4.78, 5) is 28.3. The highest BCUT2D eigenvalue weighted by atomic mass is 16.5. The summed E-state index contributed by atoms with van der Waals surface area (Å²) in [5.74, 6) is 0.926. The van der Waals surface area contributed by atoms with E-state index >= 15 is 0 Å². The van der Waals surface area contributed by atoms with Crippen LogP contribution < -0.4 is 9.64 Å². The number of hydrogen-bond donors (Lipinski definition) is 0. The van der Waals surface area contributed by atoms with Gasteiger partial charge in [-0.25, -0.2) is 0 Å². The summed E-state index contributed by atoms with van der Waals surface area (Å²) >= 11 is 0. The van der Waals surface area contributed by atoms with Crippen molar-refractivity contribution in [3.63, 3.8) is 0 Å². The van der Waals surface area contributed by atoms with Crippen LogP contribution in [-0.4, -0.2) is 43.0 Å². The monoisotopic (exact) mass is 358 g/mol. The van der Waals surface area contributed by atoms with Crippen LogP contribution in [0.2, 0.25) is 0 Å². The van der Waals surface area contributed by atoms with Crippen LogP contribution in [0.25, 0.3) is 0 Å². The number of aryl methyl sites for hydroxylation is 1. The molecule has 1 saturated carbocycles. The van der Waals surface area contributed by atoms with Crippen LogP contribution in [-0.2, 0) is 16.0 Å². The van der Waals surface area contributed by atoms with Crippen LogP contribution in [0, 0.1) is 0 Å². The third kappa shape index (κ3) is 3.87. The molecule has 26 heavy (non-hydrogen) atoms. The first-order chi connectivity index (χ1) is 12.5. The summed E-state index contributed by atoms with van der Waals surface area (Å²) in [6.07, 6.45) is 7.31. The molecule has 0 saturated heterocycles. The summed E-state index contributed by atoms with van der Waals surface area (Å²) in [6.45, 7) is 1.99. The highest BCUT2D eigenvalue weighted by Crippen LogP contribution is 2.31. The van der Waals surface area contributed by atoms with Gasteiger partial charge in [0, 0.05) is 32.2 Å². The van der Waals surface area contributed by atoms with E-state index in [4.69, 9.17) is 4.74 Å². The zero-order valence-corrected chi connectivity index (χ0v) is 16.2. The Hall–Kier alpha value is -2.04. The summed E-state index contributed by atoms with van der Waals surface area (Å²) < 4.78 is 6.07. The molecular weight excluding hydrogens is 328 g/mol. The van der Waals surface area contributed by atoms with Crippen molar-refractivity contribution >= 4 is 17.5 Å². The second-order valence-electron chi connectivity index (χ2n) is 7.50. The zero-order chi connectivity index (χ0) is 18.7. The van der Waals surface area contributed by atoms with Crippen molar-refractivity contribution in [3.8, 4) is 5.75 Å². The quantitative estimate of drug-likeness (QED) is 0.809. The minimum absolute atomic E-state index is 0.0735. The topological polar surface area (TPSA) is 49.9 Å². The molecule has 3 rings (SSSR count). The number of likely N-dealkylation sites (N-methyl/N-ethyl adjacent to an activating group) is 1. The van der Waals surface area contributed by atoms with E-state index in [1.165, 1.54) is 19.3 Å². The van der Waals surface area contributed by atoms with Gasteiger partial charge < -0.3 is 14.5 Å². The summed E-state index contributed by atoms with van der Waals surface area (Å²) in [5, 5.41) is 0. The Morgan fingerprint density at radius 1 is 1.27 bits per heavy atom. The number of amides is 2. The molecule has 0 bridgehead atoms. The van der Waals surface area contributed by atoms with Crippen LogP contribution >= 0.6 is 0 Å². The molecule has 1 aromatic rings. The number of nitrogens with zero attached hydrogens (tertiary/aromatic N) is 2. The molecule has 5 nitrogen and oxygen atoms in total. The number of anilines is 1. The zero-order valence-electron chi connectivity index (χ0n) is 16.2. The summed E-state index contributed by atoms with van der Waals surface area (Å²) in [5.41, 5.74) is 2.04. The molecule has 0 radical (unpaired) electrons. The van der Waals surface area contributed by atoms with Gasteiger partial charge in [0.2, 0.25) is 5.91 Å². The Balaban J connectivity index is 1.69. The van der Waals surface area contributed by atoms with Crippen LogP contribution in [0.1, 0.15) is 57.4 Å². The van der Waals surface area contributed by atoms with E-state index in [1.807, 2.05) is 37.1 Å². The largest absolute Gasteiger partial charge is 0.481 e. The second kappa shape index (κ2) is 8.11. The van der Waals surface area contributed by atoms with Gasteiger partial charge >= 0.3 is 0 Å². The lowest BCUT2D eigenvalue weighted by atomic mass is 9.94. The Morgan fingerprint density at radius 2 is 2.00 bits per heavy atom. The number of rotatable bonds is 5. The smallest absolute Gasteiger partial charge is 0.263 e. The number of fused-ring (bicyclic) bond motifs is 1. The van der Waals surface area contributed by atoms with Gasteiger partial charge in [0.25, 0.3) is 5.91 Å². The lowest BCUT2D eigenvalue weighted by Gasteiger charge is -2.33. The summed E-state index contributed by atoms with van der Waals surface area (Å²) in [6, 6.07) is 6.11. The molecule has 0 aromatic heterocycles. The first kappa shape index (κ1) is 18.7. The molecule has 1 heterocycles. The van der Waals surface area contributed by atoms with Crippen molar-refractivity contribution in [1.82, 2.24) is 4.90 Å². The third-order valence-corrected chi connectivity index (χ3v) is 5.79. The molecule has 2 aliphatic rings. The van der Waals surface area contributed by atoms with Crippen molar-refractivity contribution in [1.29, 1.82) is 0 Å². The van der Waals surface area contributed by atoms with E-state index in [9.17, 15) is 9.59 Å². The average Bonchev–Trinajstić information content (AvgIpc) is 2.68. The normalized spacial score (nSPS) is 19.0. The fourth-order valence-corrected chi connectivity index (χ4v) is 4.05. The lowest BCUT2D eigenvalue weighted by Crippen LogP contribution is -2.45. The molecule has 0 N–H and O–H groups in total. The minimum Gasteiger partial charge on any atom is -0.481 e. The molecule has 142 valence electrons. The number of hydrogen-bond acceptors (Lipinski definition) is 3. The molecular formula is C21H30N2O3. The van der Waals surface area contributed by atoms with Crippen molar-refractivity contribution in [2.75, 3.05) is 19.0 Å². The molecule has 1 fully saturated rings. The van der Waals surface area contributed by atoms with Crippen LogP contribution in [0.4, 0.5) is 5.69 Å². The first-order valence-electron chi connectivity index (χ1n) is 9.84. The van der Waals surface area contributed by atoms with Crippen molar-refractivity contribution in [2.45, 2.75) is 70.4 Å². The van der Waals surface area contributed by atoms with Crippen molar-refractivity contribution in [2.24, 2.45) is 0 Å². The highest BCUT2D eigenvalue weighted by molar-refractivity contribution is 5.96. The van der Waals surface area contributed by atoms with Crippen LogP contribution in [0.5, 0.6) is 5.75 Å². The Labute approximate surface area is 156 Å². The highest BCUT2D eigenvalue weighted by Gasteiger charge is 2.29. The lowest BCUT2D eigenvalue weighted by molar-refractivity contribution is -0.140. The Morgan fingerprint density at radius 3 is 2.69 bits per heavy atom. The van der Waals surface area contributed by atoms with Gasteiger partial charge in [0.05, 0.1) is 0 Å². The van der Waals surface area contributed by atoms with Gasteiger partial charge in [0.1, 0.15) is 5.75 Å². The number of carbonyl (C=O) groups is 2. The van der Waals surface area contributed by atoms with Gasteiger partial charge in [-0.3, -0.25) is 9.59 Å². The van der Waals surface area contributed by atoms with Crippen LogP contribution in [0.15, 0.2) is 18.2 Å². The molecule has 5 heteroatoms. The number of benzene rings is 1. The second-order valence-corrected chi connectivity index (χ2v) is 7.50. The summed E-state index contributed by atoms with van der Waals surface area (Å²) in [7, 11) is 3.72. The van der Waals surface area contributed by atoms with Gasteiger partial charge in [-0.05, 0) is 49.4 Å². The first-order valence-corrected chi connectivity index (χ1v) is 9.84. The third-order valence-electron chi connectivity index (χ3n) is 5.79. The van der Waals surface area contributed by atoms with Crippen LogP contribution in [0.3, 0.4) is 0 Å². The van der Waals surface area contributed by atoms with E-state index in [0.29, 0.717) is 24.6 Å². The van der Waals surface area contributed by atoms with E-state index in [2.05, 4.69) is 0 Å². The molecule has 2 amide bonds. The predicted octanol–water partition coefficient (Wildman–Crippen LogP) is 3.54. The fourth-order valence-electron chi connectivity index (χ4n) is 4.05. The standard InChI is InChI=1S/C21H30N2O3/c1-4-19(21(25)22(2)16-8-6-5-7-9-16)26-17-11-12-18-15(14-17)10-13-20(24)23(18)3/h11-12,14,16,19H,4-10,13H2,1-3H3. The van der Waals surface area contributed by atoms with Gasteiger partial charge in [0.15, 0.2) is 6.10 Å². The van der Waals surface area contributed by atoms with Gasteiger partial charge in [-0.1, -0.05) is 26.2 Å². The Kier molecular flexibility index (Phi) is 5.84. The van der Waals surface area contributed by atoms with E-state index < -0.39 is 6.10 Å².